The molecule has 0 amide bonds. The maximum Gasteiger partial charge on any atom is 0.343 e. The molecule has 0 unspecified atom stereocenters. The fraction of sp³-hybridized carbons (Fsp3) is 0.273. The fourth-order valence-corrected chi connectivity index (χ4v) is 5.10. The van der Waals surface area contributed by atoms with Crippen LogP contribution in [0, 0.1) is 0 Å². The monoisotopic (exact) mass is 410 g/mol. The van der Waals surface area contributed by atoms with Gasteiger partial charge in [-0.05, 0) is 43.2 Å². The Kier molecular flexibility index (Phi) is 5.60. The number of hydrogen-bond acceptors (Lipinski definition) is 5. The van der Waals surface area contributed by atoms with Gasteiger partial charge in [-0.25, -0.2) is 13.2 Å². The van der Waals surface area contributed by atoms with Crippen LogP contribution in [0.1, 0.15) is 36.0 Å². The Bertz CT molecular complexity index is 1130. The molecule has 2 aromatic carbocycles. The molecule has 0 spiro atoms. The summed E-state index contributed by atoms with van der Waals surface area (Å²) in [5, 5.41) is 0.857. The minimum atomic E-state index is -3.64. The zero-order chi connectivity index (χ0) is 20.3. The third-order valence-electron chi connectivity index (χ3n) is 5.07. The average molecular weight is 410 g/mol. The Balaban J connectivity index is 1.60. The molecule has 7 heteroatoms. The number of benzene rings is 2. The van der Waals surface area contributed by atoms with Gasteiger partial charge in [0.05, 0.1) is 10.5 Å². The van der Waals surface area contributed by atoms with Crippen LogP contribution >= 0.6 is 0 Å². The van der Waals surface area contributed by atoms with Gasteiger partial charge in [0.2, 0.25) is 10.0 Å². The quantitative estimate of drug-likeness (QED) is 0.480. The van der Waals surface area contributed by atoms with E-state index < -0.39 is 16.0 Å². The molecule has 1 saturated heterocycles. The second-order valence-corrected chi connectivity index (χ2v) is 9.00. The summed E-state index contributed by atoms with van der Waals surface area (Å²) in [6, 6.07) is 15.1. The van der Waals surface area contributed by atoms with Crippen molar-refractivity contribution in [2.45, 2.75) is 30.6 Å². The molecule has 6 nitrogen and oxygen atoms in total. The van der Waals surface area contributed by atoms with Gasteiger partial charge in [-0.1, -0.05) is 37.1 Å². The zero-order valence-corrected chi connectivity index (χ0v) is 16.8. The molecule has 0 aliphatic carbocycles. The molecule has 0 N–H and O–H groups in total. The summed E-state index contributed by atoms with van der Waals surface area (Å²) in [5.41, 5.74) is 0.769. The Morgan fingerprint density at radius 2 is 1.66 bits per heavy atom. The van der Waals surface area contributed by atoms with Crippen LogP contribution in [-0.4, -0.2) is 36.8 Å². The van der Waals surface area contributed by atoms with Crippen LogP contribution in [0.2, 0.25) is 0 Å². The third-order valence-corrected chi connectivity index (χ3v) is 6.97. The Hall–Kier alpha value is -2.77. The second kappa shape index (κ2) is 8.31. The first-order chi connectivity index (χ1) is 14.1. The van der Waals surface area contributed by atoms with Gasteiger partial charge in [-0.2, -0.15) is 4.31 Å². The molecule has 0 radical (unpaired) electrons. The zero-order valence-electron chi connectivity index (χ0n) is 16.0. The first-order valence-electron chi connectivity index (χ1n) is 9.72. The van der Waals surface area contributed by atoms with Crippen LogP contribution in [0.4, 0.5) is 0 Å². The van der Waals surface area contributed by atoms with E-state index in [0.717, 1.165) is 31.1 Å². The number of sulfonamides is 1. The van der Waals surface area contributed by atoms with E-state index in [2.05, 4.69) is 4.98 Å². The van der Waals surface area contributed by atoms with E-state index in [1.807, 2.05) is 18.2 Å². The fourth-order valence-electron chi connectivity index (χ4n) is 3.53. The van der Waals surface area contributed by atoms with Gasteiger partial charge in [-0.3, -0.25) is 4.98 Å². The van der Waals surface area contributed by atoms with Crippen molar-refractivity contribution in [1.82, 2.24) is 9.29 Å². The minimum Gasteiger partial charge on any atom is -0.421 e. The number of nitrogens with zero attached hydrogens (tertiary/aromatic N) is 2. The summed E-state index contributed by atoms with van der Waals surface area (Å²) in [6.45, 7) is 1.03. The van der Waals surface area contributed by atoms with Crippen LogP contribution in [0.5, 0.6) is 5.75 Å². The summed E-state index contributed by atoms with van der Waals surface area (Å²) in [5.74, 6) is -0.273. The van der Waals surface area contributed by atoms with E-state index in [0.29, 0.717) is 24.4 Å². The summed E-state index contributed by atoms with van der Waals surface area (Å²) in [6.07, 6.45) is 5.42. The van der Waals surface area contributed by atoms with E-state index in [1.165, 1.54) is 16.4 Å². The second-order valence-electron chi connectivity index (χ2n) is 7.07. The van der Waals surface area contributed by atoms with Crippen molar-refractivity contribution in [3.8, 4) is 5.75 Å². The maximum absolute atomic E-state index is 13.0. The summed E-state index contributed by atoms with van der Waals surface area (Å²) < 4.78 is 33.1. The molecule has 0 saturated carbocycles. The Labute approximate surface area is 170 Å². The lowest BCUT2D eigenvalue weighted by atomic mass is 10.2. The van der Waals surface area contributed by atoms with Gasteiger partial charge in [0.25, 0.3) is 0 Å². The van der Waals surface area contributed by atoms with Gasteiger partial charge < -0.3 is 4.74 Å². The van der Waals surface area contributed by atoms with Crippen LogP contribution in [0.3, 0.4) is 0 Å². The lowest BCUT2D eigenvalue weighted by molar-refractivity contribution is 0.0736. The molecule has 2 heterocycles. The molecule has 3 aromatic rings. The van der Waals surface area contributed by atoms with Crippen molar-refractivity contribution >= 4 is 26.9 Å². The van der Waals surface area contributed by atoms with Gasteiger partial charge in [0.15, 0.2) is 5.75 Å². The highest BCUT2D eigenvalue weighted by molar-refractivity contribution is 7.89. The number of rotatable bonds is 4. The molecule has 1 fully saturated rings. The van der Waals surface area contributed by atoms with Crippen molar-refractivity contribution in [2.24, 2.45) is 0 Å². The smallest absolute Gasteiger partial charge is 0.343 e. The van der Waals surface area contributed by atoms with E-state index in [9.17, 15) is 13.2 Å². The van der Waals surface area contributed by atoms with Crippen LogP contribution in [-0.2, 0) is 10.0 Å². The number of aromatic nitrogens is 1. The molecule has 1 aliphatic heterocycles. The lowest BCUT2D eigenvalue weighted by Crippen LogP contribution is -2.32. The highest BCUT2D eigenvalue weighted by atomic mass is 32.2. The molecular weight excluding hydrogens is 388 g/mol. The van der Waals surface area contributed by atoms with Crippen molar-refractivity contribution in [2.75, 3.05) is 13.1 Å². The van der Waals surface area contributed by atoms with Crippen molar-refractivity contribution in [1.29, 1.82) is 0 Å². The molecule has 0 bridgehead atoms. The molecule has 1 aromatic heterocycles. The summed E-state index contributed by atoms with van der Waals surface area (Å²) >= 11 is 0. The standard InChI is InChI=1S/C22H22N2O4S/c25-22(28-20-12-6-8-17-10-7-13-23-21(17)20)18-9-5-11-19(16-18)29(26,27)24-14-3-1-2-4-15-24/h5-13,16H,1-4,14-15H2. The number of ether oxygens (including phenoxy) is 1. The topological polar surface area (TPSA) is 76.6 Å². The van der Waals surface area contributed by atoms with E-state index in [-0.39, 0.29) is 10.5 Å². The highest BCUT2D eigenvalue weighted by Gasteiger charge is 2.26. The SMILES string of the molecule is O=C(Oc1cccc2cccnc12)c1cccc(S(=O)(=O)N2CCCCCC2)c1. The van der Waals surface area contributed by atoms with Crippen molar-refractivity contribution < 1.29 is 17.9 Å². The maximum atomic E-state index is 13.0. The van der Waals surface area contributed by atoms with E-state index in [1.54, 1.807) is 30.5 Å². The van der Waals surface area contributed by atoms with Gasteiger partial charge in [0, 0.05) is 24.7 Å². The van der Waals surface area contributed by atoms with E-state index in [4.69, 9.17) is 4.74 Å². The third kappa shape index (κ3) is 4.16. The van der Waals surface area contributed by atoms with Gasteiger partial charge in [0.1, 0.15) is 5.52 Å². The van der Waals surface area contributed by atoms with Crippen molar-refractivity contribution in [3.05, 3.63) is 66.4 Å². The van der Waals surface area contributed by atoms with Crippen LogP contribution < -0.4 is 4.74 Å². The number of pyridine rings is 1. The molecule has 150 valence electrons. The van der Waals surface area contributed by atoms with E-state index >= 15 is 0 Å². The molecule has 1 aliphatic rings. The number of para-hydroxylation sites is 1. The highest BCUT2D eigenvalue weighted by Crippen LogP contribution is 2.25. The van der Waals surface area contributed by atoms with Crippen molar-refractivity contribution in [3.63, 3.8) is 0 Å². The first kappa shape index (κ1) is 19.5. The summed E-state index contributed by atoms with van der Waals surface area (Å²) in [7, 11) is -3.64. The Morgan fingerprint density at radius 1 is 0.931 bits per heavy atom. The predicted molar refractivity (Wildman–Crippen MR) is 110 cm³/mol. The van der Waals surface area contributed by atoms with Crippen LogP contribution in [0.25, 0.3) is 10.9 Å². The molecule has 0 atom stereocenters. The normalized spacial score (nSPS) is 15.7. The predicted octanol–water partition coefficient (Wildman–Crippen LogP) is 4.02. The number of fused-ring (bicyclic) bond motifs is 1. The number of carbonyl (C=O) groups is 1. The molecule has 4 rings (SSSR count). The van der Waals surface area contributed by atoms with Crippen LogP contribution in [0.15, 0.2) is 65.7 Å². The lowest BCUT2D eigenvalue weighted by Gasteiger charge is -2.20. The number of hydrogen-bond donors (Lipinski definition) is 0. The average Bonchev–Trinajstić information content (AvgIpc) is 3.04. The number of esters is 1. The molecule has 29 heavy (non-hydrogen) atoms. The summed E-state index contributed by atoms with van der Waals surface area (Å²) in [4.78, 5) is 17.1. The largest absolute Gasteiger partial charge is 0.421 e. The number of carbonyl (C=O) groups excluding carboxylic acids is 1. The first-order valence-corrected chi connectivity index (χ1v) is 11.2. The van der Waals surface area contributed by atoms with Gasteiger partial charge >= 0.3 is 5.97 Å². The Morgan fingerprint density at radius 3 is 2.45 bits per heavy atom. The van der Waals surface area contributed by atoms with Gasteiger partial charge in [-0.15, -0.1) is 0 Å². The minimum absolute atomic E-state index is 0.116. The molecular formula is C22H22N2O4S.